The molecule has 0 bridgehead atoms. The van der Waals surface area contributed by atoms with E-state index < -0.39 is 0 Å². The van der Waals surface area contributed by atoms with Crippen molar-refractivity contribution in [2.24, 2.45) is 18.9 Å². The normalized spacial score (nSPS) is 20.8. The van der Waals surface area contributed by atoms with Gasteiger partial charge in [0.05, 0.1) is 12.3 Å². The minimum absolute atomic E-state index is 0.202. The smallest absolute Gasteiger partial charge is 0.0609 e. The van der Waals surface area contributed by atoms with Crippen LogP contribution in [0.1, 0.15) is 25.3 Å². The number of nitrogens with zero attached hydrogens (tertiary/aromatic N) is 2. The molecule has 1 saturated carbocycles. The first kappa shape index (κ1) is 9.71. The van der Waals surface area contributed by atoms with Crippen molar-refractivity contribution in [1.82, 2.24) is 9.78 Å². The van der Waals surface area contributed by atoms with Gasteiger partial charge < -0.3 is 5.11 Å². The Morgan fingerprint density at radius 1 is 1.64 bits per heavy atom. The summed E-state index contributed by atoms with van der Waals surface area (Å²) >= 11 is 0. The maximum Gasteiger partial charge on any atom is 0.0609 e. The molecule has 2 atom stereocenters. The Bertz CT molecular complexity index is 304. The van der Waals surface area contributed by atoms with E-state index in [4.69, 9.17) is 0 Å². The SMILES string of the molecule is CC(C(O)Cc1cnn(C)c1)C1CC1. The summed E-state index contributed by atoms with van der Waals surface area (Å²) in [6.45, 7) is 2.15. The summed E-state index contributed by atoms with van der Waals surface area (Å²) in [4.78, 5) is 0. The van der Waals surface area contributed by atoms with Gasteiger partial charge >= 0.3 is 0 Å². The molecule has 0 spiro atoms. The number of rotatable bonds is 4. The molecule has 1 aliphatic carbocycles. The van der Waals surface area contributed by atoms with E-state index in [1.807, 2.05) is 19.4 Å². The van der Waals surface area contributed by atoms with Crippen molar-refractivity contribution in [3.63, 3.8) is 0 Å². The quantitative estimate of drug-likeness (QED) is 0.786. The van der Waals surface area contributed by atoms with Crippen molar-refractivity contribution in [2.75, 3.05) is 0 Å². The molecule has 3 nitrogen and oxygen atoms in total. The van der Waals surface area contributed by atoms with Crippen LogP contribution in [-0.2, 0) is 13.5 Å². The predicted molar refractivity (Wildman–Crippen MR) is 54.8 cm³/mol. The second kappa shape index (κ2) is 3.73. The van der Waals surface area contributed by atoms with Crippen LogP contribution in [0.15, 0.2) is 12.4 Å². The van der Waals surface area contributed by atoms with E-state index in [1.54, 1.807) is 4.68 Å². The molecule has 1 fully saturated rings. The van der Waals surface area contributed by atoms with Crippen molar-refractivity contribution in [1.29, 1.82) is 0 Å². The van der Waals surface area contributed by atoms with E-state index in [9.17, 15) is 5.11 Å². The van der Waals surface area contributed by atoms with Crippen LogP contribution < -0.4 is 0 Å². The molecule has 3 heteroatoms. The number of aliphatic hydroxyl groups is 1. The first-order chi connectivity index (χ1) is 6.66. The zero-order chi connectivity index (χ0) is 10.1. The van der Waals surface area contributed by atoms with Crippen molar-refractivity contribution in [3.05, 3.63) is 18.0 Å². The molecular weight excluding hydrogens is 176 g/mol. The largest absolute Gasteiger partial charge is 0.392 e. The molecule has 1 aromatic rings. The molecule has 0 aliphatic heterocycles. The lowest BCUT2D eigenvalue weighted by Crippen LogP contribution is -2.21. The van der Waals surface area contributed by atoms with E-state index in [0.717, 1.165) is 17.9 Å². The second-order valence-corrected chi connectivity index (χ2v) is 4.49. The highest BCUT2D eigenvalue weighted by Crippen LogP contribution is 2.38. The number of aryl methyl sites for hydroxylation is 1. The van der Waals surface area contributed by atoms with Crippen molar-refractivity contribution in [3.8, 4) is 0 Å². The first-order valence-corrected chi connectivity index (χ1v) is 5.32. The number of aromatic nitrogens is 2. The molecule has 78 valence electrons. The monoisotopic (exact) mass is 194 g/mol. The van der Waals surface area contributed by atoms with Gasteiger partial charge in [0, 0.05) is 19.7 Å². The lowest BCUT2D eigenvalue weighted by molar-refractivity contribution is 0.105. The standard InChI is InChI=1S/C11H18N2O/c1-8(10-3-4-10)11(14)5-9-6-12-13(2)7-9/h6-8,10-11,14H,3-5H2,1-2H3. The number of hydrogen-bond acceptors (Lipinski definition) is 2. The maximum atomic E-state index is 9.95. The van der Waals surface area contributed by atoms with Crippen LogP contribution in [0.25, 0.3) is 0 Å². The fraction of sp³-hybridized carbons (Fsp3) is 0.727. The van der Waals surface area contributed by atoms with Gasteiger partial charge in [-0.2, -0.15) is 5.10 Å². The molecule has 1 aliphatic rings. The van der Waals surface area contributed by atoms with Crippen LogP contribution in [0.2, 0.25) is 0 Å². The van der Waals surface area contributed by atoms with Gasteiger partial charge in [0.15, 0.2) is 0 Å². The molecule has 1 aromatic heterocycles. The van der Waals surface area contributed by atoms with Gasteiger partial charge in [0.25, 0.3) is 0 Å². The van der Waals surface area contributed by atoms with Gasteiger partial charge in [-0.25, -0.2) is 0 Å². The molecule has 0 saturated heterocycles. The second-order valence-electron chi connectivity index (χ2n) is 4.49. The average Bonchev–Trinajstić information content (AvgIpc) is 2.91. The lowest BCUT2D eigenvalue weighted by Gasteiger charge is -2.17. The highest BCUT2D eigenvalue weighted by Gasteiger charge is 2.32. The van der Waals surface area contributed by atoms with E-state index in [2.05, 4.69) is 12.0 Å². The summed E-state index contributed by atoms with van der Waals surface area (Å²) in [6, 6.07) is 0. The van der Waals surface area contributed by atoms with Crippen LogP contribution in [-0.4, -0.2) is 21.0 Å². The number of hydrogen-bond donors (Lipinski definition) is 1. The Labute approximate surface area is 84.7 Å². The third-order valence-electron chi connectivity index (χ3n) is 3.18. The highest BCUT2D eigenvalue weighted by atomic mass is 16.3. The van der Waals surface area contributed by atoms with Gasteiger partial charge in [-0.3, -0.25) is 4.68 Å². The molecule has 14 heavy (non-hydrogen) atoms. The van der Waals surface area contributed by atoms with Crippen LogP contribution >= 0.6 is 0 Å². The van der Waals surface area contributed by atoms with Crippen LogP contribution in [0, 0.1) is 11.8 Å². The Morgan fingerprint density at radius 2 is 2.36 bits per heavy atom. The van der Waals surface area contributed by atoms with Crippen LogP contribution in [0.5, 0.6) is 0 Å². The fourth-order valence-corrected chi connectivity index (χ4v) is 1.94. The summed E-state index contributed by atoms with van der Waals surface area (Å²) < 4.78 is 1.78. The molecule has 0 aromatic carbocycles. The average molecular weight is 194 g/mol. The summed E-state index contributed by atoms with van der Waals surface area (Å²) in [5.74, 6) is 1.21. The number of aliphatic hydroxyl groups excluding tert-OH is 1. The summed E-state index contributed by atoms with van der Waals surface area (Å²) in [5.41, 5.74) is 1.13. The molecular formula is C11H18N2O. The maximum absolute atomic E-state index is 9.95. The molecule has 1 N–H and O–H groups in total. The van der Waals surface area contributed by atoms with E-state index in [-0.39, 0.29) is 6.10 Å². The predicted octanol–water partition coefficient (Wildman–Crippen LogP) is 1.37. The van der Waals surface area contributed by atoms with Gasteiger partial charge in [-0.15, -0.1) is 0 Å². The summed E-state index contributed by atoms with van der Waals surface area (Å²) in [7, 11) is 1.90. The Morgan fingerprint density at radius 3 is 2.86 bits per heavy atom. The first-order valence-electron chi connectivity index (χ1n) is 5.32. The third kappa shape index (κ3) is 2.15. The van der Waals surface area contributed by atoms with Gasteiger partial charge in [-0.05, 0) is 30.2 Å². The topological polar surface area (TPSA) is 38.1 Å². The van der Waals surface area contributed by atoms with Crippen LogP contribution in [0.3, 0.4) is 0 Å². The molecule has 2 unspecified atom stereocenters. The lowest BCUT2D eigenvalue weighted by atomic mass is 9.95. The van der Waals surface area contributed by atoms with Crippen LogP contribution in [0.4, 0.5) is 0 Å². The molecule has 2 rings (SSSR count). The zero-order valence-electron chi connectivity index (χ0n) is 8.85. The van der Waals surface area contributed by atoms with Gasteiger partial charge in [0.1, 0.15) is 0 Å². The van der Waals surface area contributed by atoms with Crippen molar-refractivity contribution >= 4 is 0 Å². The fourth-order valence-electron chi connectivity index (χ4n) is 1.94. The molecule has 0 radical (unpaired) electrons. The van der Waals surface area contributed by atoms with Gasteiger partial charge in [0.2, 0.25) is 0 Å². The van der Waals surface area contributed by atoms with E-state index in [1.165, 1.54) is 12.8 Å². The van der Waals surface area contributed by atoms with Crippen molar-refractivity contribution < 1.29 is 5.11 Å². The molecule has 1 heterocycles. The zero-order valence-corrected chi connectivity index (χ0v) is 8.85. The van der Waals surface area contributed by atoms with Gasteiger partial charge in [-0.1, -0.05) is 6.92 Å². The summed E-state index contributed by atoms with van der Waals surface area (Å²) in [6.07, 6.45) is 6.94. The van der Waals surface area contributed by atoms with E-state index >= 15 is 0 Å². The minimum atomic E-state index is -0.202. The third-order valence-corrected chi connectivity index (χ3v) is 3.18. The van der Waals surface area contributed by atoms with E-state index in [0.29, 0.717) is 5.92 Å². The Balaban J connectivity index is 1.89. The minimum Gasteiger partial charge on any atom is -0.392 e. The highest BCUT2D eigenvalue weighted by molar-refractivity contribution is 5.06. The summed E-state index contributed by atoms with van der Waals surface area (Å²) in [5, 5.41) is 14.0. The van der Waals surface area contributed by atoms with Crippen molar-refractivity contribution in [2.45, 2.75) is 32.3 Å². The Kier molecular flexibility index (Phi) is 2.59. The molecule has 0 amide bonds. The Hall–Kier alpha value is -0.830.